The highest BCUT2D eigenvalue weighted by Crippen LogP contribution is 2.64. The number of carboxylic acid groups (broad SMARTS) is 1. The molecule has 1 heterocycles. The van der Waals surface area contributed by atoms with E-state index in [9.17, 15) is 9.90 Å². The monoisotopic (exact) mass is 427 g/mol. The first-order valence-electron chi connectivity index (χ1n) is 9.54. The van der Waals surface area contributed by atoms with Gasteiger partial charge in [-0.1, -0.05) is 28.1 Å². The molecule has 1 aliphatic heterocycles. The van der Waals surface area contributed by atoms with Crippen LogP contribution in [0.4, 0.5) is 5.69 Å². The van der Waals surface area contributed by atoms with E-state index in [2.05, 4.69) is 33.4 Å². The van der Waals surface area contributed by atoms with Crippen LogP contribution >= 0.6 is 15.9 Å². The molecule has 27 heavy (non-hydrogen) atoms. The van der Waals surface area contributed by atoms with Crippen molar-refractivity contribution in [2.45, 2.75) is 31.2 Å². The lowest BCUT2D eigenvalue weighted by Crippen LogP contribution is -2.36. The van der Waals surface area contributed by atoms with Gasteiger partial charge in [-0.3, -0.25) is 0 Å². The summed E-state index contributed by atoms with van der Waals surface area (Å²) in [6.07, 6.45) is 3.78. The van der Waals surface area contributed by atoms with Crippen molar-refractivity contribution in [3.63, 3.8) is 0 Å². The zero-order chi connectivity index (χ0) is 18.7. The molecule has 2 fully saturated rings. The third-order valence-electron chi connectivity index (χ3n) is 6.88. The van der Waals surface area contributed by atoms with Crippen molar-refractivity contribution in [3.05, 3.63) is 57.6 Å². The van der Waals surface area contributed by atoms with Crippen LogP contribution in [0.3, 0.4) is 0 Å². The maximum Gasteiger partial charge on any atom is 0.337 e. The number of carbonyl (C=O) groups is 1. The Hall–Kier alpha value is -2.01. The fraction of sp³-hybridized carbons (Fsp3) is 0.409. The second kappa shape index (κ2) is 6.26. The van der Waals surface area contributed by atoms with E-state index in [-0.39, 0.29) is 6.04 Å². The van der Waals surface area contributed by atoms with Crippen LogP contribution in [0, 0.1) is 17.8 Å². The number of hydrogen-bond acceptors (Lipinski definition) is 3. The SMILES string of the molecule is COc1ccc(Br)cc1[C@@H]1Nc2c(C(=O)O)cccc2[C@@H]2[C@H]3CC[C@@H](C3)[C@H]21. The first kappa shape index (κ1) is 17.1. The van der Waals surface area contributed by atoms with E-state index in [1.54, 1.807) is 13.2 Å². The van der Waals surface area contributed by atoms with E-state index in [0.29, 0.717) is 29.2 Å². The van der Waals surface area contributed by atoms with Crippen LogP contribution < -0.4 is 10.1 Å². The fourth-order valence-corrected chi connectivity index (χ4v) is 6.33. The molecule has 5 atom stereocenters. The van der Waals surface area contributed by atoms with Crippen LogP contribution in [-0.4, -0.2) is 18.2 Å². The maximum absolute atomic E-state index is 11.9. The molecule has 0 spiro atoms. The first-order valence-corrected chi connectivity index (χ1v) is 10.3. The molecule has 5 rings (SSSR count). The summed E-state index contributed by atoms with van der Waals surface area (Å²) in [6, 6.07) is 11.9. The van der Waals surface area contributed by atoms with Gasteiger partial charge in [0.2, 0.25) is 0 Å². The molecule has 2 bridgehead atoms. The third-order valence-corrected chi connectivity index (χ3v) is 7.37. The first-order chi connectivity index (χ1) is 13.1. The van der Waals surface area contributed by atoms with Crippen molar-refractivity contribution in [2.24, 2.45) is 17.8 Å². The van der Waals surface area contributed by atoms with E-state index in [4.69, 9.17) is 4.74 Å². The fourth-order valence-electron chi connectivity index (χ4n) is 5.95. The van der Waals surface area contributed by atoms with Crippen molar-refractivity contribution in [3.8, 4) is 5.75 Å². The van der Waals surface area contributed by atoms with Gasteiger partial charge in [0.05, 0.1) is 24.4 Å². The predicted molar refractivity (Wildman–Crippen MR) is 108 cm³/mol. The summed E-state index contributed by atoms with van der Waals surface area (Å²) in [5, 5.41) is 13.4. The number of methoxy groups -OCH3 is 1. The Bertz CT molecular complexity index is 928. The van der Waals surface area contributed by atoms with Crippen molar-refractivity contribution in [2.75, 3.05) is 12.4 Å². The van der Waals surface area contributed by atoms with E-state index in [0.717, 1.165) is 21.5 Å². The van der Waals surface area contributed by atoms with Gasteiger partial charge in [-0.25, -0.2) is 4.79 Å². The molecule has 0 unspecified atom stereocenters. The highest BCUT2D eigenvalue weighted by molar-refractivity contribution is 9.10. The quantitative estimate of drug-likeness (QED) is 0.683. The molecule has 0 radical (unpaired) electrons. The summed E-state index contributed by atoms with van der Waals surface area (Å²) in [7, 11) is 1.70. The molecular weight excluding hydrogens is 406 g/mol. The lowest BCUT2D eigenvalue weighted by molar-refractivity contribution is 0.0697. The predicted octanol–water partition coefficient (Wildman–Crippen LogP) is 5.45. The molecule has 4 nitrogen and oxygen atoms in total. The van der Waals surface area contributed by atoms with Gasteiger partial charge in [-0.05, 0) is 72.8 Å². The van der Waals surface area contributed by atoms with Gasteiger partial charge in [0.25, 0.3) is 0 Å². The van der Waals surface area contributed by atoms with E-state index < -0.39 is 5.97 Å². The highest BCUT2D eigenvalue weighted by Gasteiger charge is 2.54. The van der Waals surface area contributed by atoms with Gasteiger partial charge in [-0.15, -0.1) is 0 Å². The Balaban J connectivity index is 1.70. The molecule has 0 amide bonds. The van der Waals surface area contributed by atoms with E-state index in [1.165, 1.54) is 24.8 Å². The number of rotatable bonds is 3. The Labute approximate surface area is 167 Å². The number of fused-ring (bicyclic) bond motifs is 7. The molecule has 2 saturated carbocycles. The standard InChI is InChI=1S/C22H22BrNO3/c1-27-17-8-7-13(23)10-16(17)21-19-12-6-5-11(9-12)18(19)14-3-2-4-15(22(25)26)20(14)24-21/h2-4,7-8,10-12,18-19,21,24H,5-6,9H2,1H3,(H,25,26)/t11-,12-,18-,19+,21-/m0/s1. The van der Waals surface area contributed by atoms with Crippen molar-refractivity contribution in [1.82, 2.24) is 0 Å². The Morgan fingerprint density at radius 2 is 2.00 bits per heavy atom. The molecular formula is C22H22BrNO3. The molecule has 2 N–H and O–H groups in total. The van der Waals surface area contributed by atoms with E-state index >= 15 is 0 Å². The number of anilines is 1. The van der Waals surface area contributed by atoms with Gasteiger partial charge in [-0.2, -0.15) is 0 Å². The van der Waals surface area contributed by atoms with Gasteiger partial charge in [0, 0.05) is 10.0 Å². The highest BCUT2D eigenvalue weighted by atomic mass is 79.9. The van der Waals surface area contributed by atoms with Gasteiger partial charge in [0.15, 0.2) is 0 Å². The number of benzene rings is 2. The summed E-state index contributed by atoms with van der Waals surface area (Å²) in [5.74, 6) is 2.22. The van der Waals surface area contributed by atoms with Crippen molar-refractivity contribution < 1.29 is 14.6 Å². The summed E-state index contributed by atoms with van der Waals surface area (Å²) < 4.78 is 6.68. The zero-order valence-electron chi connectivity index (χ0n) is 15.1. The van der Waals surface area contributed by atoms with Crippen LogP contribution in [0.5, 0.6) is 5.75 Å². The third kappa shape index (κ3) is 2.51. The van der Waals surface area contributed by atoms with Gasteiger partial charge in [0.1, 0.15) is 5.75 Å². The zero-order valence-corrected chi connectivity index (χ0v) is 16.7. The van der Waals surface area contributed by atoms with Crippen LogP contribution in [0.25, 0.3) is 0 Å². The summed E-state index contributed by atoms with van der Waals surface area (Å²) >= 11 is 3.60. The molecule has 2 aromatic carbocycles. The Kier molecular flexibility index (Phi) is 3.97. The van der Waals surface area contributed by atoms with Gasteiger partial charge < -0.3 is 15.2 Å². The number of nitrogens with one attached hydrogen (secondary N) is 1. The lowest BCUT2D eigenvalue weighted by atomic mass is 9.67. The summed E-state index contributed by atoms with van der Waals surface area (Å²) in [6.45, 7) is 0. The number of halogens is 1. The van der Waals surface area contributed by atoms with Crippen molar-refractivity contribution in [1.29, 1.82) is 0 Å². The number of para-hydroxylation sites is 1. The van der Waals surface area contributed by atoms with Crippen LogP contribution in [-0.2, 0) is 0 Å². The molecule has 140 valence electrons. The lowest BCUT2D eigenvalue weighted by Gasteiger charge is -2.44. The normalized spacial score (nSPS) is 30.4. The van der Waals surface area contributed by atoms with Gasteiger partial charge >= 0.3 is 5.97 Å². The minimum atomic E-state index is -0.874. The topological polar surface area (TPSA) is 58.6 Å². The Morgan fingerprint density at radius 3 is 2.78 bits per heavy atom. The largest absolute Gasteiger partial charge is 0.496 e. The number of carboxylic acids is 1. The second-order valence-corrected chi connectivity index (χ2v) is 8.94. The summed E-state index contributed by atoms with van der Waals surface area (Å²) in [4.78, 5) is 11.9. The van der Waals surface area contributed by atoms with Crippen LogP contribution in [0.1, 0.15) is 52.7 Å². The molecule has 2 aliphatic carbocycles. The number of ether oxygens (including phenoxy) is 1. The Morgan fingerprint density at radius 1 is 1.19 bits per heavy atom. The summed E-state index contributed by atoms with van der Waals surface area (Å²) in [5.41, 5.74) is 3.47. The number of aromatic carboxylic acids is 1. The minimum absolute atomic E-state index is 0.0609. The molecule has 0 saturated heterocycles. The van der Waals surface area contributed by atoms with E-state index in [1.807, 2.05) is 18.2 Å². The molecule has 3 aliphatic rings. The molecule has 5 heteroatoms. The van der Waals surface area contributed by atoms with Crippen molar-refractivity contribution >= 4 is 27.6 Å². The maximum atomic E-state index is 11.9. The smallest absolute Gasteiger partial charge is 0.337 e. The molecule has 0 aromatic heterocycles. The van der Waals surface area contributed by atoms with Crippen LogP contribution in [0.2, 0.25) is 0 Å². The number of hydrogen-bond donors (Lipinski definition) is 2. The second-order valence-electron chi connectivity index (χ2n) is 8.02. The average molecular weight is 428 g/mol. The minimum Gasteiger partial charge on any atom is -0.496 e. The van der Waals surface area contributed by atoms with Crippen LogP contribution in [0.15, 0.2) is 40.9 Å². The average Bonchev–Trinajstić information content (AvgIpc) is 3.29. The molecule has 2 aromatic rings.